The molecule has 0 aliphatic carbocycles. The average molecular weight is 270 g/mol. The van der Waals surface area contributed by atoms with E-state index in [0.717, 1.165) is 36.8 Å². The Labute approximate surface area is 109 Å². The van der Waals surface area contributed by atoms with Crippen molar-refractivity contribution in [1.29, 1.82) is 0 Å². The van der Waals surface area contributed by atoms with Crippen LogP contribution in [0.15, 0.2) is 18.2 Å². The van der Waals surface area contributed by atoms with Gasteiger partial charge in [-0.1, -0.05) is 45.2 Å². The summed E-state index contributed by atoms with van der Waals surface area (Å²) in [6, 6.07) is 5.27. The molecule has 0 unspecified atom stereocenters. The highest BCUT2D eigenvalue weighted by molar-refractivity contribution is 7.60. The van der Waals surface area contributed by atoms with Crippen LogP contribution in [0.2, 0.25) is 0 Å². The van der Waals surface area contributed by atoms with E-state index in [-0.39, 0.29) is 5.30 Å². The molecule has 1 aromatic carbocycles. The quantitative estimate of drug-likeness (QED) is 0.591. The zero-order valence-electron chi connectivity index (χ0n) is 11.2. The van der Waals surface area contributed by atoms with E-state index in [1.807, 2.05) is 13.0 Å². The SMILES string of the molecule is CCCCCCc1c(CC)cccc1P(=O)(O)O. The van der Waals surface area contributed by atoms with E-state index in [0.29, 0.717) is 0 Å². The molecule has 3 nitrogen and oxygen atoms in total. The summed E-state index contributed by atoms with van der Waals surface area (Å²) in [5.74, 6) is 0. The largest absolute Gasteiger partial charge is 0.356 e. The standard InChI is InChI=1S/C14H23O3P/c1-3-5-6-7-10-13-12(4-2)9-8-11-14(13)18(15,16)17/h8-9,11H,3-7,10H2,1-2H3,(H2,15,16,17). The van der Waals surface area contributed by atoms with Crippen molar-refractivity contribution in [2.75, 3.05) is 0 Å². The summed E-state index contributed by atoms with van der Waals surface area (Å²) < 4.78 is 11.5. The average Bonchev–Trinajstić information content (AvgIpc) is 2.33. The van der Waals surface area contributed by atoms with Crippen LogP contribution in [0.1, 0.15) is 50.7 Å². The highest BCUT2D eigenvalue weighted by Crippen LogP contribution is 2.36. The molecule has 0 bridgehead atoms. The first-order valence-corrected chi connectivity index (χ1v) is 8.28. The molecule has 0 atom stereocenters. The lowest BCUT2D eigenvalue weighted by atomic mass is 9.99. The molecule has 1 aromatic rings. The molecule has 0 heterocycles. The van der Waals surface area contributed by atoms with Crippen molar-refractivity contribution in [2.24, 2.45) is 0 Å². The maximum Gasteiger partial charge on any atom is 0.356 e. The van der Waals surface area contributed by atoms with Gasteiger partial charge >= 0.3 is 7.60 Å². The van der Waals surface area contributed by atoms with Crippen molar-refractivity contribution in [3.05, 3.63) is 29.3 Å². The monoisotopic (exact) mass is 270 g/mol. The molecule has 0 aliphatic heterocycles. The first-order chi connectivity index (χ1) is 8.50. The van der Waals surface area contributed by atoms with E-state index in [2.05, 4.69) is 6.92 Å². The van der Waals surface area contributed by atoms with Crippen LogP contribution in [-0.4, -0.2) is 9.79 Å². The number of rotatable bonds is 7. The van der Waals surface area contributed by atoms with Crippen LogP contribution in [0.4, 0.5) is 0 Å². The van der Waals surface area contributed by atoms with Gasteiger partial charge in [-0.2, -0.15) is 0 Å². The number of aryl methyl sites for hydroxylation is 1. The molecule has 0 aliphatic rings. The molecular weight excluding hydrogens is 247 g/mol. The van der Waals surface area contributed by atoms with Gasteiger partial charge in [0.25, 0.3) is 0 Å². The van der Waals surface area contributed by atoms with E-state index in [1.54, 1.807) is 12.1 Å². The Morgan fingerprint density at radius 3 is 2.39 bits per heavy atom. The highest BCUT2D eigenvalue weighted by atomic mass is 31.2. The second-order valence-corrected chi connectivity index (χ2v) is 6.19. The Hall–Kier alpha value is -0.630. The zero-order chi connectivity index (χ0) is 13.6. The second-order valence-electron chi connectivity index (χ2n) is 4.62. The number of hydrogen-bond donors (Lipinski definition) is 2. The Bertz CT molecular complexity index is 423. The minimum atomic E-state index is -4.15. The summed E-state index contributed by atoms with van der Waals surface area (Å²) in [6.45, 7) is 4.18. The Morgan fingerprint density at radius 1 is 1.11 bits per heavy atom. The Balaban J connectivity index is 2.94. The van der Waals surface area contributed by atoms with Crippen LogP contribution in [-0.2, 0) is 17.4 Å². The third-order valence-electron chi connectivity index (χ3n) is 3.22. The predicted molar refractivity (Wildman–Crippen MR) is 75.3 cm³/mol. The number of unbranched alkanes of at least 4 members (excludes halogenated alkanes) is 3. The van der Waals surface area contributed by atoms with E-state index in [9.17, 15) is 14.4 Å². The van der Waals surface area contributed by atoms with Crippen LogP contribution in [0, 0.1) is 0 Å². The number of benzene rings is 1. The third-order valence-corrected chi connectivity index (χ3v) is 4.27. The van der Waals surface area contributed by atoms with E-state index in [4.69, 9.17) is 0 Å². The fraction of sp³-hybridized carbons (Fsp3) is 0.571. The van der Waals surface area contributed by atoms with Crippen molar-refractivity contribution < 1.29 is 14.4 Å². The maximum atomic E-state index is 11.5. The van der Waals surface area contributed by atoms with Crippen molar-refractivity contribution in [3.8, 4) is 0 Å². The van der Waals surface area contributed by atoms with Gasteiger partial charge in [0.05, 0.1) is 5.30 Å². The van der Waals surface area contributed by atoms with Crippen LogP contribution < -0.4 is 5.30 Å². The molecule has 102 valence electrons. The molecular formula is C14H23O3P. The smallest absolute Gasteiger partial charge is 0.321 e. The molecule has 0 spiro atoms. The van der Waals surface area contributed by atoms with Crippen molar-refractivity contribution in [3.63, 3.8) is 0 Å². The summed E-state index contributed by atoms with van der Waals surface area (Å²) in [7, 11) is -4.15. The van der Waals surface area contributed by atoms with Gasteiger partial charge in [0.15, 0.2) is 0 Å². The molecule has 1 rings (SSSR count). The lowest BCUT2D eigenvalue weighted by Crippen LogP contribution is -2.14. The summed E-state index contributed by atoms with van der Waals surface area (Å²) in [5.41, 5.74) is 1.93. The molecule has 0 fully saturated rings. The number of hydrogen-bond acceptors (Lipinski definition) is 1. The third kappa shape index (κ3) is 4.24. The van der Waals surface area contributed by atoms with Gasteiger partial charge in [-0.25, -0.2) is 0 Å². The van der Waals surface area contributed by atoms with Crippen molar-refractivity contribution >= 4 is 12.9 Å². The van der Waals surface area contributed by atoms with E-state index >= 15 is 0 Å². The summed E-state index contributed by atoms with van der Waals surface area (Å²) in [5, 5.41) is 0.221. The normalized spacial score (nSPS) is 11.8. The topological polar surface area (TPSA) is 57.5 Å². The highest BCUT2D eigenvalue weighted by Gasteiger charge is 2.22. The predicted octanol–water partition coefficient (Wildman–Crippen LogP) is 3.17. The van der Waals surface area contributed by atoms with Gasteiger partial charge in [0.2, 0.25) is 0 Å². The lowest BCUT2D eigenvalue weighted by molar-refractivity contribution is 0.387. The summed E-state index contributed by atoms with van der Waals surface area (Å²) >= 11 is 0. The summed E-state index contributed by atoms with van der Waals surface area (Å²) in [4.78, 5) is 18.8. The molecule has 18 heavy (non-hydrogen) atoms. The Morgan fingerprint density at radius 2 is 1.83 bits per heavy atom. The minimum absolute atomic E-state index is 0.221. The first kappa shape index (κ1) is 15.4. The van der Waals surface area contributed by atoms with Crippen LogP contribution in [0.25, 0.3) is 0 Å². The second kappa shape index (κ2) is 7.08. The van der Waals surface area contributed by atoms with E-state index < -0.39 is 7.60 Å². The molecule has 0 amide bonds. The Kier molecular flexibility index (Phi) is 6.07. The van der Waals surface area contributed by atoms with E-state index in [1.165, 1.54) is 12.8 Å². The fourth-order valence-electron chi connectivity index (χ4n) is 2.24. The van der Waals surface area contributed by atoms with Crippen LogP contribution in [0.3, 0.4) is 0 Å². The lowest BCUT2D eigenvalue weighted by Gasteiger charge is -2.14. The van der Waals surface area contributed by atoms with Gasteiger partial charge in [-0.05, 0) is 36.5 Å². The van der Waals surface area contributed by atoms with Crippen LogP contribution in [0.5, 0.6) is 0 Å². The van der Waals surface area contributed by atoms with Gasteiger partial charge in [-0.15, -0.1) is 0 Å². The molecule has 2 N–H and O–H groups in total. The molecule has 0 radical (unpaired) electrons. The molecule has 0 aromatic heterocycles. The fourth-order valence-corrected chi connectivity index (χ4v) is 3.13. The molecule has 0 saturated heterocycles. The van der Waals surface area contributed by atoms with Gasteiger partial charge in [0.1, 0.15) is 0 Å². The van der Waals surface area contributed by atoms with Gasteiger partial charge in [0, 0.05) is 0 Å². The molecule has 4 heteroatoms. The van der Waals surface area contributed by atoms with Gasteiger partial charge in [-0.3, -0.25) is 4.57 Å². The maximum absolute atomic E-state index is 11.5. The van der Waals surface area contributed by atoms with Crippen molar-refractivity contribution in [1.82, 2.24) is 0 Å². The van der Waals surface area contributed by atoms with Crippen LogP contribution >= 0.6 is 7.60 Å². The minimum Gasteiger partial charge on any atom is -0.321 e. The summed E-state index contributed by atoms with van der Waals surface area (Å²) in [6.07, 6.45) is 6.05. The van der Waals surface area contributed by atoms with Crippen molar-refractivity contribution in [2.45, 2.75) is 52.4 Å². The molecule has 0 saturated carbocycles. The first-order valence-electron chi connectivity index (χ1n) is 6.67. The zero-order valence-corrected chi connectivity index (χ0v) is 12.1. The van der Waals surface area contributed by atoms with Gasteiger partial charge < -0.3 is 9.79 Å².